The lowest BCUT2D eigenvalue weighted by molar-refractivity contribution is -0.125. The van der Waals surface area contributed by atoms with Gasteiger partial charge in [0.05, 0.1) is 11.4 Å². The highest BCUT2D eigenvalue weighted by molar-refractivity contribution is 7.93. The highest BCUT2D eigenvalue weighted by atomic mass is 32.2. The molecule has 1 saturated heterocycles. The van der Waals surface area contributed by atoms with Gasteiger partial charge in [0.1, 0.15) is 0 Å². The summed E-state index contributed by atoms with van der Waals surface area (Å²) in [7, 11) is -1.40. The predicted molar refractivity (Wildman–Crippen MR) is 104 cm³/mol. The molecule has 6 heteroatoms. The van der Waals surface area contributed by atoms with E-state index in [0.717, 1.165) is 11.1 Å². The molecule has 0 spiro atoms. The van der Waals surface area contributed by atoms with Crippen molar-refractivity contribution in [3.05, 3.63) is 71.8 Å². The third-order valence-corrected chi connectivity index (χ3v) is 6.21. The number of hydrogen-bond acceptors (Lipinski definition) is 3. The fourth-order valence-electron chi connectivity index (χ4n) is 2.91. The summed E-state index contributed by atoms with van der Waals surface area (Å²) >= 11 is 0. The molecule has 2 aromatic rings. The van der Waals surface area contributed by atoms with Crippen molar-refractivity contribution in [3.63, 3.8) is 0 Å². The molecule has 0 radical (unpaired) electrons. The van der Waals surface area contributed by atoms with E-state index < -0.39 is 10.0 Å². The van der Waals surface area contributed by atoms with Crippen LogP contribution in [-0.4, -0.2) is 38.6 Å². The van der Waals surface area contributed by atoms with Gasteiger partial charge in [0, 0.05) is 26.2 Å². The molecule has 0 aromatic heterocycles. The Bertz CT molecular complexity index is 890. The maximum atomic E-state index is 12.2. The van der Waals surface area contributed by atoms with E-state index >= 15 is 0 Å². The van der Waals surface area contributed by atoms with Crippen molar-refractivity contribution in [2.45, 2.75) is 13.0 Å². The van der Waals surface area contributed by atoms with Crippen LogP contribution in [0.25, 0.3) is 6.08 Å². The SMILES string of the molecule is CN(Cc1ccccc1)C(=O)/C=C/c1ccc(N2CCCS2(=O)=O)cc1. The van der Waals surface area contributed by atoms with E-state index in [9.17, 15) is 13.2 Å². The number of hydrogen-bond donors (Lipinski definition) is 0. The van der Waals surface area contributed by atoms with Crippen molar-refractivity contribution in [3.8, 4) is 0 Å². The third kappa shape index (κ3) is 4.32. The van der Waals surface area contributed by atoms with Gasteiger partial charge in [0.15, 0.2) is 0 Å². The first-order chi connectivity index (χ1) is 12.5. The smallest absolute Gasteiger partial charge is 0.246 e. The maximum Gasteiger partial charge on any atom is 0.246 e. The molecular weight excluding hydrogens is 348 g/mol. The second kappa shape index (κ2) is 7.74. The monoisotopic (exact) mass is 370 g/mol. The summed E-state index contributed by atoms with van der Waals surface area (Å²) in [6.45, 7) is 1.08. The van der Waals surface area contributed by atoms with Gasteiger partial charge in [-0.1, -0.05) is 42.5 Å². The summed E-state index contributed by atoms with van der Waals surface area (Å²) in [5, 5.41) is 0. The molecule has 1 amide bonds. The van der Waals surface area contributed by atoms with E-state index in [1.54, 1.807) is 30.2 Å². The van der Waals surface area contributed by atoms with Gasteiger partial charge < -0.3 is 4.90 Å². The predicted octanol–water partition coefficient (Wildman–Crippen LogP) is 2.90. The molecule has 0 aliphatic carbocycles. The maximum absolute atomic E-state index is 12.2. The van der Waals surface area contributed by atoms with Crippen LogP contribution in [-0.2, 0) is 21.4 Å². The summed E-state index contributed by atoms with van der Waals surface area (Å²) in [6.07, 6.45) is 3.93. The van der Waals surface area contributed by atoms with Crippen molar-refractivity contribution >= 4 is 27.7 Å². The largest absolute Gasteiger partial charge is 0.338 e. The fraction of sp³-hybridized carbons (Fsp3) is 0.250. The zero-order valence-corrected chi connectivity index (χ0v) is 15.5. The van der Waals surface area contributed by atoms with E-state index in [4.69, 9.17) is 0 Å². The molecule has 1 fully saturated rings. The summed E-state index contributed by atoms with van der Waals surface area (Å²) in [5.74, 6) is 0.122. The first-order valence-corrected chi connectivity index (χ1v) is 10.1. The van der Waals surface area contributed by atoms with E-state index in [1.807, 2.05) is 42.5 Å². The minimum absolute atomic E-state index is 0.0833. The Balaban J connectivity index is 1.62. The zero-order valence-electron chi connectivity index (χ0n) is 14.7. The summed E-state index contributed by atoms with van der Waals surface area (Å²) in [4.78, 5) is 13.9. The fourth-order valence-corrected chi connectivity index (χ4v) is 4.48. The Labute approximate surface area is 154 Å². The second-order valence-electron chi connectivity index (χ2n) is 6.35. The Morgan fingerprint density at radius 3 is 2.42 bits per heavy atom. The van der Waals surface area contributed by atoms with Gasteiger partial charge in [-0.15, -0.1) is 0 Å². The van der Waals surface area contributed by atoms with Crippen molar-refractivity contribution in [1.82, 2.24) is 4.90 Å². The van der Waals surface area contributed by atoms with Gasteiger partial charge in [0.25, 0.3) is 0 Å². The number of sulfonamides is 1. The zero-order chi connectivity index (χ0) is 18.6. The third-order valence-electron chi connectivity index (χ3n) is 4.34. The topological polar surface area (TPSA) is 57.7 Å². The molecule has 26 heavy (non-hydrogen) atoms. The molecule has 136 valence electrons. The van der Waals surface area contributed by atoms with Gasteiger partial charge in [0.2, 0.25) is 15.9 Å². The quantitative estimate of drug-likeness (QED) is 0.761. The summed E-state index contributed by atoms with van der Waals surface area (Å²) in [5.41, 5.74) is 2.60. The van der Waals surface area contributed by atoms with Gasteiger partial charge in [-0.2, -0.15) is 0 Å². The Morgan fingerprint density at radius 1 is 1.12 bits per heavy atom. The van der Waals surface area contributed by atoms with E-state index in [-0.39, 0.29) is 11.7 Å². The Hall–Kier alpha value is -2.60. The van der Waals surface area contributed by atoms with E-state index in [2.05, 4.69) is 0 Å². The van der Waals surface area contributed by atoms with Crippen LogP contribution in [0.4, 0.5) is 5.69 Å². The molecule has 0 N–H and O–H groups in total. The van der Waals surface area contributed by atoms with Crippen molar-refractivity contribution in [2.24, 2.45) is 0 Å². The van der Waals surface area contributed by atoms with Crippen molar-refractivity contribution < 1.29 is 13.2 Å². The van der Waals surface area contributed by atoms with Crippen LogP contribution in [0.3, 0.4) is 0 Å². The number of likely N-dealkylation sites (N-methyl/N-ethyl adjacent to an activating group) is 1. The first-order valence-electron chi connectivity index (χ1n) is 8.53. The van der Waals surface area contributed by atoms with Crippen LogP contribution in [0, 0.1) is 0 Å². The molecule has 1 aliphatic rings. The summed E-state index contributed by atoms with van der Waals surface area (Å²) in [6, 6.07) is 17.0. The molecule has 0 bridgehead atoms. The van der Waals surface area contributed by atoms with Crippen LogP contribution >= 0.6 is 0 Å². The Morgan fingerprint density at radius 2 is 1.81 bits per heavy atom. The van der Waals surface area contributed by atoms with Gasteiger partial charge >= 0.3 is 0 Å². The molecular formula is C20H22N2O3S. The standard InChI is InChI=1S/C20H22N2O3S/c1-21(16-18-6-3-2-4-7-18)20(23)13-10-17-8-11-19(12-9-17)22-14-5-15-26(22,24)25/h2-4,6-13H,5,14-16H2,1H3/b13-10+. The molecule has 2 aromatic carbocycles. The molecule has 1 aliphatic heterocycles. The number of rotatable bonds is 5. The molecule has 1 heterocycles. The van der Waals surface area contributed by atoms with Gasteiger partial charge in [-0.25, -0.2) is 8.42 Å². The highest BCUT2D eigenvalue weighted by Crippen LogP contribution is 2.24. The summed E-state index contributed by atoms with van der Waals surface area (Å²) < 4.78 is 25.3. The number of nitrogens with zero attached hydrogens (tertiary/aromatic N) is 2. The van der Waals surface area contributed by atoms with Gasteiger partial charge in [-0.05, 0) is 35.8 Å². The van der Waals surface area contributed by atoms with Crippen molar-refractivity contribution in [1.29, 1.82) is 0 Å². The lowest BCUT2D eigenvalue weighted by Gasteiger charge is -2.17. The number of anilines is 1. The minimum atomic E-state index is -3.17. The number of amides is 1. The van der Waals surface area contributed by atoms with Crippen molar-refractivity contribution in [2.75, 3.05) is 23.7 Å². The first kappa shape index (κ1) is 18.2. The number of carbonyl (C=O) groups is 1. The van der Waals surface area contributed by atoms with Crippen LogP contribution in [0.2, 0.25) is 0 Å². The van der Waals surface area contributed by atoms with Crippen LogP contribution < -0.4 is 4.31 Å². The number of carbonyl (C=O) groups excluding carboxylic acids is 1. The lowest BCUT2D eigenvalue weighted by Crippen LogP contribution is -2.24. The molecule has 0 atom stereocenters. The molecule has 5 nitrogen and oxygen atoms in total. The molecule has 3 rings (SSSR count). The van der Waals surface area contributed by atoms with E-state index in [0.29, 0.717) is 25.2 Å². The lowest BCUT2D eigenvalue weighted by atomic mass is 10.2. The van der Waals surface area contributed by atoms with Crippen LogP contribution in [0.5, 0.6) is 0 Å². The normalized spacial score (nSPS) is 16.1. The van der Waals surface area contributed by atoms with Crippen LogP contribution in [0.15, 0.2) is 60.7 Å². The number of benzene rings is 2. The minimum Gasteiger partial charge on any atom is -0.338 e. The highest BCUT2D eigenvalue weighted by Gasteiger charge is 2.28. The Kier molecular flexibility index (Phi) is 5.42. The second-order valence-corrected chi connectivity index (χ2v) is 8.36. The average Bonchev–Trinajstić information content (AvgIpc) is 3.00. The van der Waals surface area contributed by atoms with Gasteiger partial charge in [-0.3, -0.25) is 9.10 Å². The van der Waals surface area contributed by atoms with Crippen LogP contribution in [0.1, 0.15) is 17.5 Å². The molecule has 0 saturated carbocycles. The average molecular weight is 370 g/mol. The molecule has 0 unspecified atom stereocenters. The van der Waals surface area contributed by atoms with E-state index in [1.165, 1.54) is 10.4 Å².